The predicted octanol–water partition coefficient (Wildman–Crippen LogP) is 5.67. The highest BCUT2D eigenvalue weighted by atomic mass is 35.5. The number of methoxy groups -OCH3 is 1. The molecule has 308 valence electrons. The number of halogens is 7. The molecule has 0 bridgehead atoms. The molecule has 1 aliphatic carbocycles. The van der Waals surface area contributed by atoms with E-state index in [-0.39, 0.29) is 41.9 Å². The van der Waals surface area contributed by atoms with Crippen molar-refractivity contribution in [3.8, 4) is 11.8 Å². The lowest BCUT2D eigenvalue weighted by atomic mass is 10.1. The first-order valence-electron chi connectivity index (χ1n) is 17.0. The number of anilines is 4. The molecule has 1 atom stereocenters. The van der Waals surface area contributed by atoms with Gasteiger partial charge in [0.25, 0.3) is 5.91 Å². The molecule has 5 N–H and O–H groups in total. The largest absolute Gasteiger partial charge is 0.484 e. The highest BCUT2D eigenvalue weighted by Crippen LogP contribution is 2.48. The van der Waals surface area contributed by atoms with Gasteiger partial charge in [-0.15, -0.1) is 0 Å². The molecular weight excluding hydrogens is 806 g/mol. The van der Waals surface area contributed by atoms with Crippen molar-refractivity contribution in [3.05, 3.63) is 88.9 Å². The van der Waals surface area contributed by atoms with E-state index in [0.717, 1.165) is 12.7 Å². The maximum absolute atomic E-state index is 13.1. The van der Waals surface area contributed by atoms with Crippen molar-refractivity contribution in [1.82, 2.24) is 25.6 Å². The van der Waals surface area contributed by atoms with Crippen molar-refractivity contribution in [2.45, 2.75) is 43.2 Å². The SMILES string of the molecule is COC(=O)[C@H](CCNC(=O)C(=O)Nc1ccc(OCC(F)(F)F)cc1)NC(=O)c1ccc(Nc2nc(NC3(c4ccc(Cl)cc4)CC3)nc(OCC(F)(F)F)n2)cc1. The number of amides is 3. The monoisotopic (exact) mass is 838 g/mol. The molecule has 4 aromatic rings. The van der Waals surface area contributed by atoms with Crippen LogP contribution in [-0.4, -0.2) is 83.9 Å². The van der Waals surface area contributed by atoms with Gasteiger partial charge in [-0.25, -0.2) is 4.79 Å². The Morgan fingerprint density at radius 3 is 1.98 bits per heavy atom. The quantitative estimate of drug-likeness (QED) is 0.0528. The molecule has 3 amide bonds. The van der Waals surface area contributed by atoms with Crippen LogP contribution in [0.25, 0.3) is 0 Å². The van der Waals surface area contributed by atoms with E-state index in [0.29, 0.717) is 23.6 Å². The van der Waals surface area contributed by atoms with Gasteiger partial charge in [-0.05, 0) is 85.5 Å². The van der Waals surface area contributed by atoms with Crippen LogP contribution in [0.1, 0.15) is 35.2 Å². The number of esters is 1. The Balaban J connectivity index is 1.16. The van der Waals surface area contributed by atoms with Crippen LogP contribution >= 0.6 is 11.6 Å². The Bertz CT molecular complexity index is 2090. The lowest BCUT2D eigenvalue weighted by Gasteiger charge is -2.19. The first kappa shape index (κ1) is 42.8. The van der Waals surface area contributed by atoms with Gasteiger partial charge in [-0.1, -0.05) is 23.7 Å². The Kier molecular flexibility index (Phi) is 13.5. The first-order valence-corrected chi connectivity index (χ1v) is 17.4. The minimum atomic E-state index is -4.66. The Morgan fingerprint density at radius 1 is 0.776 bits per heavy atom. The number of ether oxygens (including phenoxy) is 3. The highest BCUT2D eigenvalue weighted by Gasteiger charge is 2.45. The van der Waals surface area contributed by atoms with Gasteiger partial charge >= 0.3 is 36.1 Å². The van der Waals surface area contributed by atoms with Crippen LogP contribution in [0, 0.1) is 0 Å². The smallest absolute Gasteiger partial charge is 0.422 e. The van der Waals surface area contributed by atoms with Gasteiger partial charge in [-0.3, -0.25) is 14.4 Å². The molecule has 1 heterocycles. The Labute approximate surface area is 330 Å². The Morgan fingerprint density at radius 2 is 1.38 bits per heavy atom. The molecule has 5 rings (SSSR count). The van der Waals surface area contributed by atoms with Gasteiger partial charge in [0.05, 0.1) is 12.6 Å². The third-order valence-corrected chi connectivity index (χ3v) is 8.36. The number of nitrogens with zero attached hydrogens (tertiary/aromatic N) is 3. The number of benzene rings is 3. The average molecular weight is 839 g/mol. The molecule has 15 nitrogen and oxygen atoms in total. The summed E-state index contributed by atoms with van der Waals surface area (Å²) in [5.74, 6) is -4.15. The van der Waals surface area contributed by atoms with Gasteiger partial charge in [0.15, 0.2) is 13.2 Å². The summed E-state index contributed by atoms with van der Waals surface area (Å²) in [5, 5.41) is 13.6. The molecule has 0 radical (unpaired) electrons. The second-order valence-electron chi connectivity index (χ2n) is 12.6. The number of nitrogens with one attached hydrogen (secondary N) is 5. The molecule has 1 saturated carbocycles. The van der Waals surface area contributed by atoms with Crippen LogP contribution in [0.2, 0.25) is 5.02 Å². The minimum absolute atomic E-state index is 0.0602. The third kappa shape index (κ3) is 12.8. The number of rotatable bonds is 16. The van der Waals surface area contributed by atoms with E-state index in [1.165, 1.54) is 48.5 Å². The molecule has 1 fully saturated rings. The zero-order chi connectivity index (χ0) is 42.1. The summed E-state index contributed by atoms with van der Waals surface area (Å²) >= 11 is 6.02. The van der Waals surface area contributed by atoms with E-state index < -0.39 is 66.8 Å². The third-order valence-electron chi connectivity index (χ3n) is 8.11. The topological polar surface area (TPSA) is 195 Å². The minimum Gasteiger partial charge on any atom is -0.484 e. The van der Waals surface area contributed by atoms with Gasteiger partial charge < -0.3 is 40.8 Å². The zero-order valence-corrected chi connectivity index (χ0v) is 30.8. The standard InChI is InChI=1S/C36H33ClF6N8O7/c1-56-30(55)26(14-17-44-28(53)29(54)45-23-10-12-25(13-11-23)57-18-35(38,39)40)47-27(52)20-2-8-24(9-3-20)46-31-48-32(50-33(49-31)58-19-36(41,42)43)51-34(15-16-34)21-4-6-22(37)7-5-21/h2-13,26H,14-19H2,1H3,(H,44,53)(H,45,54)(H,47,52)(H2,46,48,49,50,51)/t26-/m0/s1. The van der Waals surface area contributed by atoms with E-state index in [1.54, 1.807) is 12.1 Å². The molecule has 3 aromatic carbocycles. The average Bonchev–Trinajstić information content (AvgIpc) is 3.96. The van der Waals surface area contributed by atoms with Crippen LogP contribution in [0.3, 0.4) is 0 Å². The number of carbonyl (C=O) groups excluding carboxylic acids is 4. The highest BCUT2D eigenvalue weighted by molar-refractivity contribution is 6.39. The number of alkyl halides is 6. The van der Waals surface area contributed by atoms with Crippen LogP contribution < -0.4 is 36.1 Å². The molecule has 58 heavy (non-hydrogen) atoms. The molecule has 1 aliphatic rings. The second-order valence-corrected chi connectivity index (χ2v) is 13.0. The van der Waals surface area contributed by atoms with Crippen molar-refractivity contribution in [2.75, 3.05) is 42.8 Å². The van der Waals surface area contributed by atoms with E-state index in [2.05, 4.69) is 46.3 Å². The number of hydrogen-bond acceptors (Lipinski definition) is 12. The van der Waals surface area contributed by atoms with Crippen molar-refractivity contribution in [2.24, 2.45) is 0 Å². The van der Waals surface area contributed by atoms with Gasteiger partial charge in [0.1, 0.15) is 11.8 Å². The fourth-order valence-electron chi connectivity index (χ4n) is 5.14. The van der Waals surface area contributed by atoms with E-state index >= 15 is 0 Å². The van der Waals surface area contributed by atoms with Crippen molar-refractivity contribution in [3.63, 3.8) is 0 Å². The second kappa shape index (κ2) is 18.3. The lowest BCUT2D eigenvalue weighted by Crippen LogP contribution is -2.44. The predicted molar refractivity (Wildman–Crippen MR) is 195 cm³/mol. The summed E-state index contributed by atoms with van der Waals surface area (Å²) < 4.78 is 90.0. The van der Waals surface area contributed by atoms with Crippen LogP contribution in [0.5, 0.6) is 11.8 Å². The van der Waals surface area contributed by atoms with E-state index in [9.17, 15) is 45.5 Å². The summed E-state index contributed by atoms with van der Waals surface area (Å²) in [6, 6.07) is 15.6. The van der Waals surface area contributed by atoms with Crippen LogP contribution in [-0.2, 0) is 24.7 Å². The van der Waals surface area contributed by atoms with Crippen molar-refractivity contribution >= 4 is 58.6 Å². The van der Waals surface area contributed by atoms with E-state index in [1.807, 2.05) is 12.1 Å². The van der Waals surface area contributed by atoms with Gasteiger partial charge in [0.2, 0.25) is 11.9 Å². The maximum Gasteiger partial charge on any atom is 0.422 e. The fourth-order valence-corrected chi connectivity index (χ4v) is 5.26. The van der Waals surface area contributed by atoms with Gasteiger partial charge in [-0.2, -0.15) is 41.3 Å². The van der Waals surface area contributed by atoms with Crippen LogP contribution in [0.15, 0.2) is 72.8 Å². The van der Waals surface area contributed by atoms with E-state index in [4.69, 9.17) is 21.1 Å². The molecule has 0 aliphatic heterocycles. The number of hydrogen-bond donors (Lipinski definition) is 5. The zero-order valence-electron chi connectivity index (χ0n) is 30.1. The summed E-state index contributed by atoms with van der Waals surface area (Å²) in [5.41, 5.74) is 0.757. The summed E-state index contributed by atoms with van der Waals surface area (Å²) in [6.07, 6.45) is -8.03. The maximum atomic E-state index is 13.1. The van der Waals surface area contributed by atoms with Crippen molar-refractivity contribution in [1.29, 1.82) is 0 Å². The van der Waals surface area contributed by atoms with Gasteiger partial charge in [0, 0.05) is 28.5 Å². The molecule has 0 spiro atoms. The molecule has 0 saturated heterocycles. The lowest BCUT2D eigenvalue weighted by molar-refractivity contribution is -0.155. The molecule has 22 heteroatoms. The van der Waals surface area contributed by atoms with Crippen LogP contribution in [0.4, 0.5) is 49.6 Å². The summed E-state index contributed by atoms with van der Waals surface area (Å²) in [6.45, 7) is -3.42. The summed E-state index contributed by atoms with van der Waals surface area (Å²) in [4.78, 5) is 62.4. The normalized spacial score (nSPS) is 13.7. The molecule has 1 aromatic heterocycles. The Hall–Kier alpha value is -6.38. The molecular formula is C36H33ClF6N8O7. The van der Waals surface area contributed by atoms with Crippen molar-refractivity contribution < 1.29 is 59.7 Å². The fraction of sp³-hybridized carbons (Fsp3) is 0.306. The number of carbonyl (C=O) groups is 4. The number of aromatic nitrogens is 3. The summed E-state index contributed by atoms with van der Waals surface area (Å²) in [7, 11) is 1.08. The first-order chi connectivity index (χ1) is 27.4. The molecule has 0 unspecified atom stereocenters.